The van der Waals surface area contributed by atoms with E-state index in [2.05, 4.69) is 21.2 Å². The van der Waals surface area contributed by atoms with Crippen molar-refractivity contribution in [2.75, 3.05) is 17.7 Å². The van der Waals surface area contributed by atoms with Crippen molar-refractivity contribution < 1.29 is 9.00 Å². The van der Waals surface area contributed by atoms with E-state index in [1.54, 1.807) is 25.3 Å². The summed E-state index contributed by atoms with van der Waals surface area (Å²) < 4.78 is 11.8. The third-order valence-electron chi connectivity index (χ3n) is 2.52. The molecule has 1 aromatic rings. The van der Waals surface area contributed by atoms with Crippen LogP contribution in [0.15, 0.2) is 16.6 Å². The Bertz CT molecular complexity index is 491. The number of anilines is 1. The molecular formula is C12H17BrN2O2S. The first-order valence-corrected chi connectivity index (χ1v) is 7.99. The normalized spacial score (nSPS) is 14.0. The highest BCUT2D eigenvalue weighted by Gasteiger charge is 2.15. The molecule has 1 amide bonds. The predicted molar refractivity (Wildman–Crippen MR) is 79.2 cm³/mol. The highest BCUT2D eigenvalue weighted by molar-refractivity contribution is 9.10. The number of rotatable bonds is 4. The second-order valence-electron chi connectivity index (χ2n) is 4.28. The number of nitrogen functional groups attached to an aromatic ring is 1. The van der Waals surface area contributed by atoms with Crippen LogP contribution in [0.1, 0.15) is 22.8 Å². The van der Waals surface area contributed by atoms with E-state index >= 15 is 0 Å². The van der Waals surface area contributed by atoms with E-state index in [1.165, 1.54) is 0 Å². The summed E-state index contributed by atoms with van der Waals surface area (Å²) in [5.74, 6) is 0.243. The SMILES string of the molecule is Cc1c(N)cc(Br)cc1C(=O)NC(C)CS(C)=O. The first-order valence-electron chi connectivity index (χ1n) is 5.47. The Hall–Kier alpha value is -0.880. The number of nitrogens with two attached hydrogens (primary N) is 1. The molecule has 2 unspecified atom stereocenters. The fourth-order valence-electron chi connectivity index (χ4n) is 1.63. The second-order valence-corrected chi connectivity index (χ2v) is 6.68. The van der Waals surface area contributed by atoms with Crippen LogP contribution >= 0.6 is 15.9 Å². The molecule has 3 N–H and O–H groups in total. The minimum Gasteiger partial charge on any atom is -0.398 e. The molecular weight excluding hydrogens is 316 g/mol. The molecule has 0 spiro atoms. The van der Waals surface area contributed by atoms with Crippen molar-refractivity contribution in [1.82, 2.24) is 5.32 Å². The molecule has 0 aliphatic heterocycles. The zero-order valence-electron chi connectivity index (χ0n) is 10.6. The Kier molecular flexibility index (Phi) is 5.34. The quantitative estimate of drug-likeness (QED) is 0.826. The number of nitrogens with one attached hydrogen (secondary N) is 1. The Balaban J connectivity index is 2.88. The number of hydrogen-bond acceptors (Lipinski definition) is 3. The van der Waals surface area contributed by atoms with Crippen LogP contribution in [0.4, 0.5) is 5.69 Å². The molecule has 18 heavy (non-hydrogen) atoms. The summed E-state index contributed by atoms with van der Waals surface area (Å²) in [5.41, 5.74) is 7.67. The van der Waals surface area contributed by atoms with Crippen molar-refractivity contribution in [2.24, 2.45) is 0 Å². The first kappa shape index (κ1) is 15.2. The third kappa shape index (κ3) is 4.10. The lowest BCUT2D eigenvalue weighted by Crippen LogP contribution is -2.36. The topological polar surface area (TPSA) is 72.2 Å². The van der Waals surface area contributed by atoms with Gasteiger partial charge < -0.3 is 11.1 Å². The lowest BCUT2D eigenvalue weighted by molar-refractivity contribution is 0.0943. The fraction of sp³-hybridized carbons (Fsp3) is 0.417. The van der Waals surface area contributed by atoms with Gasteiger partial charge in [0, 0.05) is 44.6 Å². The lowest BCUT2D eigenvalue weighted by atomic mass is 10.1. The molecule has 1 rings (SSSR count). The van der Waals surface area contributed by atoms with E-state index in [1.807, 2.05) is 6.92 Å². The maximum Gasteiger partial charge on any atom is 0.251 e. The number of benzene rings is 1. The van der Waals surface area contributed by atoms with Crippen LogP contribution in [0.5, 0.6) is 0 Å². The summed E-state index contributed by atoms with van der Waals surface area (Å²) in [5, 5.41) is 2.81. The Morgan fingerprint density at radius 3 is 2.72 bits per heavy atom. The molecule has 1 aromatic carbocycles. The molecule has 4 nitrogen and oxygen atoms in total. The molecule has 100 valence electrons. The maximum absolute atomic E-state index is 12.1. The van der Waals surface area contributed by atoms with Crippen LogP contribution in [-0.4, -0.2) is 28.2 Å². The van der Waals surface area contributed by atoms with Gasteiger partial charge in [0.2, 0.25) is 0 Å². The van der Waals surface area contributed by atoms with E-state index < -0.39 is 10.8 Å². The van der Waals surface area contributed by atoms with Crippen molar-refractivity contribution in [1.29, 1.82) is 0 Å². The summed E-state index contributed by atoms with van der Waals surface area (Å²) in [4.78, 5) is 12.1. The zero-order valence-corrected chi connectivity index (χ0v) is 13.0. The van der Waals surface area contributed by atoms with Crippen molar-refractivity contribution >= 4 is 38.3 Å². The minimum atomic E-state index is -0.931. The molecule has 0 saturated heterocycles. The van der Waals surface area contributed by atoms with Crippen LogP contribution in [0.2, 0.25) is 0 Å². The van der Waals surface area contributed by atoms with Crippen LogP contribution in [0, 0.1) is 6.92 Å². The average Bonchev–Trinajstić information content (AvgIpc) is 2.21. The monoisotopic (exact) mass is 332 g/mol. The van der Waals surface area contributed by atoms with Gasteiger partial charge in [-0.3, -0.25) is 9.00 Å². The van der Waals surface area contributed by atoms with Gasteiger partial charge in [-0.1, -0.05) is 15.9 Å². The van der Waals surface area contributed by atoms with E-state index in [9.17, 15) is 9.00 Å². The first-order chi connectivity index (χ1) is 8.31. The molecule has 0 aliphatic carbocycles. The molecule has 2 atom stereocenters. The van der Waals surface area contributed by atoms with Crippen molar-refractivity contribution in [3.8, 4) is 0 Å². The van der Waals surface area contributed by atoms with Crippen LogP contribution in [0.25, 0.3) is 0 Å². The van der Waals surface area contributed by atoms with Crippen LogP contribution < -0.4 is 11.1 Å². The molecule has 0 bridgehead atoms. The van der Waals surface area contributed by atoms with Crippen LogP contribution in [0.3, 0.4) is 0 Å². The van der Waals surface area contributed by atoms with Crippen LogP contribution in [-0.2, 0) is 10.8 Å². The Morgan fingerprint density at radius 1 is 1.56 bits per heavy atom. The third-order valence-corrected chi connectivity index (χ3v) is 3.95. The molecule has 0 heterocycles. The number of halogens is 1. The van der Waals surface area contributed by atoms with Gasteiger partial charge in [0.25, 0.3) is 5.91 Å². The Morgan fingerprint density at radius 2 is 2.17 bits per heavy atom. The summed E-state index contributed by atoms with van der Waals surface area (Å²) in [6.07, 6.45) is 1.62. The average molecular weight is 333 g/mol. The van der Waals surface area contributed by atoms with Gasteiger partial charge in [-0.05, 0) is 31.5 Å². The van der Waals surface area contributed by atoms with Gasteiger partial charge in [0.15, 0.2) is 0 Å². The number of carbonyl (C=O) groups is 1. The van der Waals surface area contributed by atoms with Crippen molar-refractivity contribution in [3.05, 3.63) is 27.7 Å². The van der Waals surface area contributed by atoms with E-state index in [0.717, 1.165) is 10.0 Å². The highest BCUT2D eigenvalue weighted by Crippen LogP contribution is 2.22. The van der Waals surface area contributed by atoms with E-state index in [4.69, 9.17) is 5.73 Å². The molecule has 0 saturated carbocycles. The van der Waals surface area contributed by atoms with Gasteiger partial charge in [-0.25, -0.2) is 0 Å². The molecule has 0 aromatic heterocycles. The minimum absolute atomic E-state index is 0.136. The number of hydrogen-bond donors (Lipinski definition) is 2. The van der Waals surface area contributed by atoms with Gasteiger partial charge in [-0.15, -0.1) is 0 Å². The summed E-state index contributed by atoms with van der Waals surface area (Å²) in [6.45, 7) is 3.63. The summed E-state index contributed by atoms with van der Waals surface area (Å²) in [7, 11) is -0.931. The number of amides is 1. The van der Waals surface area contributed by atoms with E-state index in [-0.39, 0.29) is 11.9 Å². The fourth-order valence-corrected chi connectivity index (χ4v) is 2.89. The summed E-state index contributed by atoms with van der Waals surface area (Å²) >= 11 is 3.31. The number of carbonyl (C=O) groups excluding carboxylic acids is 1. The Labute approximate surface area is 118 Å². The maximum atomic E-state index is 12.1. The highest BCUT2D eigenvalue weighted by atomic mass is 79.9. The standard InChI is InChI=1S/C12H17BrN2O2S/c1-7(6-18(3)17)15-12(16)10-4-9(13)5-11(14)8(10)2/h4-5,7H,6,14H2,1-3H3,(H,15,16). The van der Waals surface area contributed by atoms with Crippen molar-refractivity contribution in [2.45, 2.75) is 19.9 Å². The lowest BCUT2D eigenvalue weighted by Gasteiger charge is -2.14. The van der Waals surface area contributed by atoms with Gasteiger partial charge in [0.05, 0.1) is 0 Å². The smallest absolute Gasteiger partial charge is 0.251 e. The molecule has 0 radical (unpaired) electrons. The zero-order chi connectivity index (χ0) is 13.9. The summed E-state index contributed by atoms with van der Waals surface area (Å²) in [6, 6.07) is 3.36. The second kappa shape index (κ2) is 6.33. The molecule has 6 heteroatoms. The van der Waals surface area contributed by atoms with Gasteiger partial charge in [0.1, 0.15) is 0 Å². The van der Waals surface area contributed by atoms with E-state index in [0.29, 0.717) is 17.0 Å². The van der Waals surface area contributed by atoms with Gasteiger partial charge in [-0.2, -0.15) is 0 Å². The predicted octanol–water partition coefficient (Wildman–Crippen LogP) is 1.84. The molecule has 0 fully saturated rings. The van der Waals surface area contributed by atoms with Gasteiger partial charge >= 0.3 is 0 Å². The molecule has 0 aliphatic rings. The largest absolute Gasteiger partial charge is 0.398 e. The van der Waals surface area contributed by atoms with Crippen molar-refractivity contribution in [3.63, 3.8) is 0 Å².